The van der Waals surface area contributed by atoms with Crippen LogP contribution < -0.4 is 10.3 Å². The molecule has 0 aliphatic rings. The van der Waals surface area contributed by atoms with E-state index in [-0.39, 0.29) is 4.60 Å². The van der Waals surface area contributed by atoms with Gasteiger partial charge in [-0.25, -0.2) is 4.79 Å². The molecule has 0 saturated carbocycles. The highest BCUT2D eigenvalue weighted by Gasteiger charge is 2.32. The number of ether oxygens (including phenoxy) is 1. The van der Waals surface area contributed by atoms with Crippen molar-refractivity contribution in [2.45, 2.75) is 6.36 Å². The Morgan fingerprint density at radius 1 is 1.50 bits per heavy atom. The number of hydrogen-bond acceptors (Lipinski definition) is 3. The van der Waals surface area contributed by atoms with E-state index in [1.54, 1.807) is 0 Å². The monoisotopic (exact) mass is 301 g/mol. The van der Waals surface area contributed by atoms with Crippen LogP contribution in [-0.4, -0.2) is 22.4 Å². The number of aromatic amines is 1. The third-order valence-electron chi connectivity index (χ3n) is 1.42. The molecule has 0 bridgehead atoms. The Hall–Kier alpha value is -1.51. The summed E-state index contributed by atoms with van der Waals surface area (Å²) in [5, 5.41) is 8.51. The SMILES string of the molecule is O=C(O)c1cc(OC(F)(F)F)c(Br)[nH]c1=O. The molecule has 0 aliphatic heterocycles. The van der Waals surface area contributed by atoms with Crippen LogP contribution in [0.25, 0.3) is 0 Å². The molecule has 1 rings (SSSR count). The number of alkyl halides is 3. The molecule has 0 saturated heterocycles. The van der Waals surface area contributed by atoms with E-state index in [1.165, 1.54) is 0 Å². The summed E-state index contributed by atoms with van der Waals surface area (Å²) in [6.07, 6.45) is -4.98. The molecule has 0 fully saturated rings. The minimum Gasteiger partial charge on any atom is -0.477 e. The molecule has 1 aromatic heterocycles. The van der Waals surface area contributed by atoms with Gasteiger partial charge in [0.25, 0.3) is 5.56 Å². The lowest BCUT2D eigenvalue weighted by atomic mass is 10.3. The molecule has 2 N–H and O–H groups in total. The average molecular weight is 302 g/mol. The minimum atomic E-state index is -4.98. The number of carbonyl (C=O) groups is 1. The second-order valence-electron chi connectivity index (χ2n) is 2.54. The van der Waals surface area contributed by atoms with Crippen LogP contribution in [0, 0.1) is 0 Å². The van der Waals surface area contributed by atoms with Gasteiger partial charge in [0, 0.05) is 6.07 Å². The fourth-order valence-corrected chi connectivity index (χ4v) is 1.22. The maximum atomic E-state index is 11.9. The van der Waals surface area contributed by atoms with E-state index in [1.807, 2.05) is 4.98 Å². The Kier molecular flexibility index (Phi) is 3.27. The first-order chi connectivity index (χ1) is 7.20. The highest BCUT2D eigenvalue weighted by Crippen LogP contribution is 2.28. The van der Waals surface area contributed by atoms with Crippen molar-refractivity contribution < 1.29 is 27.8 Å². The molecule has 16 heavy (non-hydrogen) atoms. The van der Waals surface area contributed by atoms with E-state index in [2.05, 4.69) is 20.7 Å². The van der Waals surface area contributed by atoms with Crippen LogP contribution in [0.15, 0.2) is 15.5 Å². The second kappa shape index (κ2) is 4.16. The van der Waals surface area contributed by atoms with Gasteiger partial charge < -0.3 is 14.8 Å². The summed E-state index contributed by atoms with van der Waals surface area (Å²) in [6, 6.07) is 0.485. The number of nitrogens with one attached hydrogen (secondary N) is 1. The largest absolute Gasteiger partial charge is 0.573 e. The van der Waals surface area contributed by atoms with Gasteiger partial charge in [-0.1, -0.05) is 0 Å². The number of carboxylic acids is 1. The van der Waals surface area contributed by atoms with Gasteiger partial charge in [0.15, 0.2) is 5.75 Å². The van der Waals surface area contributed by atoms with Crippen LogP contribution in [-0.2, 0) is 0 Å². The van der Waals surface area contributed by atoms with Gasteiger partial charge in [-0.3, -0.25) is 4.79 Å². The van der Waals surface area contributed by atoms with Crippen LogP contribution in [0.3, 0.4) is 0 Å². The van der Waals surface area contributed by atoms with Crippen LogP contribution in [0.1, 0.15) is 10.4 Å². The summed E-state index contributed by atoms with van der Waals surface area (Å²) in [5.41, 5.74) is -1.88. The lowest BCUT2D eigenvalue weighted by Crippen LogP contribution is -2.22. The van der Waals surface area contributed by atoms with E-state index in [0.29, 0.717) is 6.07 Å². The Morgan fingerprint density at radius 2 is 2.06 bits per heavy atom. The summed E-state index contributed by atoms with van der Waals surface area (Å²) in [5.74, 6) is -2.48. The van der Waals surface area contributed by atoms with Crippen molar-refractivity contribution in [2.24, 2.45) is 0 Å². The zero-order chi connectivity index (χ0) is 12.5. The first kappa shape index (κ1) is 12.6. The number of hydrogen-bond donors (Lipinski definition) is 2. The predicted octanol–water partition coefficient (Wildman–Crippen LogP) is 1.73. The maximum absolute atomic E-state index is 11.9. The number of aromatic carboxylic acids is 1. The van der Waals surface area contributed by atoms with Gasteiger partial charge >= 0.3 is 12.3 Å². The molecular formula is C7H3BrF3NO4. The van der Waals surface area contributed by atoms with Crippen LogP contribution in [0.4, 0.5) is 13.2 Å². The zero-order valence-corrected chi connectivity index (χ0v) is 8.85. The minimum absolute atomic E-state index is 0.389. The fourth-order valence-electron chi connectivity index (χ4n) is 0.846. The molecule has 0 unspecified atom stereocenters. The van der Waals surface area contributed by atoms with E-state index in [0.717, 1.165) is 0 Å². The lowest BCUT2D eigenvalue weighted by molar-refractivity contribution is -0.275. The van der Waals surface area contributed by atoms with Gasteiger partial charge in [0.1, 0.15) is 10.2 Å². The standard InChI is InChI=1S/C7H3BrF3NO4/c8-4-3(16-7(9,10)11)1-2(6(14)15)5(13)12-4/h1H,(H,12,13)(H,14,15). The molecule has 0 radical (unpaired) electrons. The Balaban J connectivity index is 3.26. The topological polar surface area (TPSA) is 79.4 Å². The van der Waals surface area contributed by atoms with Crippen LogP contribution >= 0.6 is 15.9 Å². The quantitative estimate of drug-likeness (QED) is 0.816. The van der Waals surface area contributed by atoms with E-state index in [4.69, 9.17) is 5.11 Å². The number of carboxylic acid groups (broad SMARTS) is 1. The van der Waals surface area contributed by atoms with Crippen molar-refractivity contribution >= 4 is 21.9 Å². The average Bonchev–Trinajstić information content (AvgIpc) is 2.07. The van der Waals surface area contributed by atoms with Crippen molar-refractivity contribution in [3.05, 3.63) is 26.6 Å². The number of pyridine rings is 1. The molecule has 0 atom stereocenters. The number of aromatic nitrogens is 1. The molecule has 88 valence electrons. The van der Waals surface area contributed by atoms with E-state index in [9.17, 15) is 22.8 Å². The van der Waals surface area contributed by atoms with Gasteiger partial charge in [-0.05, 0) is 15.9 Å². The van der Waals surface area contributed by atoms with Crippen molar-refractivity contribution in [1.29, 1.82) is 0 Å². The normalized spacial score (nSPS) is 11.2. The third kappa shape index (κ3) is 2.99. The van der Waals surface area contributed by atoms with Gasteiger partial charge in [-0.2, -0.15) is 0 Å². The molecule has 0 aliphatic carbocycles. The van der Waals surface area contributed by atoms with E-state index < -0.39 is 29.2 Å². The molecule has 9 heteroatoms. The van der Waals surface area contributed by atoms with E-state index >= 15 is 0 Å². The highest BCUT2D eigenvalue weighted by atomic mass is 79.9. The fraction of sp³-hybridized carbons (Fsp3) is 0.143. The molecule has 1 aromatic rings. The van der Waals surface area contributed by atoms with Crippen LogP contribution in [0.5, 0.6) is 5.75 Å². The second-order valence-corrected chi connectivity index (χ2v) is 3.34. The third-order valence-corrected chi connectivity index (χ3v) is 2.00. The van der Waals surface area contributed by atoms with Crippen molar-refractivity contribution in [3.8, 4) is 5.75 Å². The smallest absolute Gasteiger partial charge is 0.477 e. The summed E-state index contributed by atoms with van der Waals surface area (Å²) in [6.45, 7) is 0. The Labute approximate surface area is 94.0 Å². The maximum Gasteiger partial charge on any atom is 0.573 e. The molecule has 5 nitrogen and oxygen atoms in total. The number of H-pyrrole nitrogens is 1. The van der Waals surface area contributed by atoms with Crippen LogP contribution in [0.2, 0.25) is 0 Å². The first-order valence-electron chi connectivity index (χ1n) is 3.62. The Bertz CT molecular complexity index is 482. The summed E-state index contributed by atoms with van der Waals surface area (Å²) in [4.78, 5) is 23.3. The lowest BCUT2D eigenvalue weighted by Gasteiger charge is -2.10. The first-order valence-corrected chi connectivity index (χ1v) is 4.42. The summed E-state index contributed by atoms with van der Waals surface area (Å²) in [7, 11) is 0. The Morgan fingerprint density at radius 3 is 2.50 bits per heavy atom. The number of rotatable bonds is 2. The molecule has 0 amide bonds. The van der Waals surface area contributed by atoms with Gasteiger partial charge in [-0.15, -0.1) is 13.2 Å². The predicted molar refractivity (Wildman–Crippen MR) is 48.4 cm³/mol. The molecule has 1 heterocycles. The molecular weight excluding hydrogens is 299 g/mol. The van der Waals surface area contributed by atoms with Crippen molar-refractivity contribution in [2.75, 3.05) is 0 Å². The zero-order valence-electron chi connectivity index (χ0n) is 7.26. The molecule has 0 aromatic carbocycles. The van der Waals surface area contributed by atoms with Gasteiger partial charge in [0.2, 0.25) is 0 Å². The van der Waals surface area contributed by atoms with Crippen molar-refractivity contribution in [1.82, 2.24) is 4.98 Å². The van der Waals surface area contributed by atoms with Gasteiger partial charge in [0.05, 0.1) is 0 Å². The molecule has 0 spiro atoms. The number of halogens is 4. The summed E-state index contributed by atoms with van der Waals surface area (Å²) >= 11 is 2.61. The highest BCUT2D eigenvalue weighted by molar-refractivity contribution is 9.10. The summed E-state index contributed by atoms with van der Waals surface area (Å²) < 4.78 is 38.7. The van der Waals surface area contributed by atoms with Crippen molar-refractivity contribution in [3.63, 3.8) is 0 Å².